The Morgan fingerprint density at radius 3 is 2.60 bits per heavy atom. The molecule has 3 nitrogen and oxygen atoms in total. The van der Waals surface area contributed by atoms with Crippen molar-refractivity contribution in [2.45, 2.75) is 64.4 Å². The summed E-state index contributed by atoms with van der Waals surface area (Å²) in [5, 5.41) is 18.4. The van der Waals surface area contributed by atoms with E-state index in [1.807, 2.05) is 6.92 Å². The molecular formula is C17H28O3. The minimum atomic E-state index is -0.702. The fourth-order valence-electron chi connectivity index (χ4n) is 4.24. The topological polar surface area (TPSA) is 57.5 Å². The van der Waals surface area contributed by atoms with Crippen LogP contribution in [0, 0.1) is 23.7 Å². The van der Waals surface area contributed by atoms with Gasteiger partial charge in [-0.15, -0.1) is 0 Å². The summed E-state index contributed by atoms with van der Waals surface area (Å²) in [6.45, 7) is 1.95. The molecule has 0 aromatic rings. The highest BCUT2D eigenvalue weighted by molar-refractivity contribution is 5.66. The highest BCUT2D eigenvalue weighted by atomic mass is 16.4. The molecule has 0 spiro atoms. The maximum atomic E-state index is 10.4. The van der Waals surface area contributed by atoms with Crippen molar-refractivity contribution in [2.75, 3.05) is 0 Å². The van der Waals surface area contributed by atoms with E-state index in [9.17, 15) is 9.90 Å². The molecule has 0 aliphatic heterocycles. The van der Waals surface area contributed by atoms with Gasteiger partial charge in [-0.1, -0.05) is 12.2 Å². The fraction of sp³-hybridized carbons (Fsp3) is 0.824. The predicted molar refractivity (Wildman–Crippen MR) is 79.4 cm³/mol. The number of hydrogen-bond acceptors (Lipinski definition) is 2. The van der Waals surface area contributed by atoms with Crippen LogP contribution < -0.4 is 0 Å². The molecule has 5 atom stereocenters. The third-order valence-corrected chi connectivity index (χ3v) is 5.35. The second-order valence-corrected chi connectivity index (χ2v) is 6.73. The van der Waals surface area contributed by atoms with Crippen LogP contribution in [0.1, 0.15) is 58.3 Å². The van der Waals surface area contributed by atoms with Gasteiger partial charge in [-0.2, -0.15) is 0 Å². The largest absolute Gasteiger partial charge is 0.481 e. The molecule has 2 bridgehead atoms. The third kappa shape index (κ3) is 4.08. The molecule has 3 aliphatic carbocycles. The minimum absolute atomic E-state index is 0.143. The van der Waals surface area contributed by atoms with Crippen LogP contribution in [0.4, 0.5) is 0 Å². The molecule has 114 valence electrons. The van der Waals surface area contributed by atoms with Crippen LogP contribution >= 0.6 is 0 Å². The Bertz CT molecular complexity index is 348. The van der Waals surface area contributed by atoms with E-state index in [0.717, 1.165) is 37.0 Å². The average molecular weight is 280 g/mol. The van der Waals surface area contributed by atoms with Crippen molar-refractivity contribution in [1.29, 1.82) is 0 Å². The van der Waals surface area contributed by atoms with Gasteiger partial charge >= 0.3 is 5.97 Å². The molecule has 0 radical (unpaired) electrons. The molecule has 0 aromatic heterocycles. The first kappa shape index (κ1) is 15.6. The second kappa shape index (κ2) is 7.26. The number of aliphatic carboxylic acids is 1. The van der Waals surface area contributed by atoms with Crippen molar-refractivity contribution in [1.82, 2.24) is 0 Å². The Kier molecular flexibility index (Phi) is 5.64. The van der Waals surface area contributed by atoms with E-state index >= 15 is 0 Å². The third-order valence-electron chi connectivity index (χ3n) is 5.35. The smallest absolute Gasteiger partial charge is 0.303 e. The number of unbranched alkanes of at least 4 members (excludes halogenated alkanes) is 1. The van der Waals surface area contributed by atoms with Crippen molar-refractivity contribution in [3.8, 4) is 0 Å². The van der Waals surface area contributed by atoms with Gasteiger partial charge in [0.25, 0.3) is 0 Å². The van der Waals surface area contributed by atoms with Gasteiger partial charge in [0.1, 0.15) is 0 Å². The zero-order valence-corrected chi connectivity index (χ0v) is 12.5. The van der Waals surface area contributed by atoms with E-state index < -0.39 is 5.97 Å². The van der Waals surface area contributed by atoms with Gasteiger partial charge in [-0.25, -0.2) is 0 Å². The van der Waals surface area contributed by atoms with Gasteiger partial charge in [0, 0.05) is 6.42 Å². The predicted octanol–water partition coefficient (Wildman–Crippen LogP) is 3.62. The number of carboxylic acids is 1. The molecule has 0 saturated heterocycles. The number of rotatable bonds is 7. The first-order valence-electron chi connectivity index (χ1n) is 8.12. The standard InChI is InChI=1S/C17H28O3/c1-12(18)16-11-14-8-9-15(16)10-13(14)6-4-2-3-5-7-17(19)20/h2,4,12-16,18H,3,5-11H2,1H3,(H,19,20)/t12?,13?,14-,15+,16?/m0/s1. The molecule has 3 rings (SSSR count). The van der Waals surface area contributed by atoms with E-state index in [1.54, 1.807) is 0 Å². The normalized spacial score (nSPS) is 34.5. The van der Waals surface area contributed by atoms with Gasteiger partial charge in [0.05, 0.1) is 6.10 Å². The van der Waals surface area contributed by atoms with E-state index in [0.29, 0.717) is 5.92 Å². The number of carboxylic acid groups (broad SMARTS) is 1. The van der Waals surface area contributed by atoms with Crippen LogP contribution in [-0.4, -0.2) is 22.3 Å². The van der Waals surface area contributed by atoms with Crippen LogP contribution in [-0.2, 0) is 4.79 Å². The Balaban J connectivity index is 1.70. The highest BCUT2D eigenvalue weighted by Gasteiger charge is 2.42. The summed E-state index contributed by atoms with van der Waals surface area (Å²) in [5.74, 6) is 2.14. The van der Waals surface area contributed by atoms with Gasteiger partial charge in [0.2, 0.25) is 0 Å². The zero-order chi connectivity index (χ0) is 14.5. The molecule has 3 heteroatoms. The molecular weight excluding hydrogens is 252 g/mol. The number of hydrogen-bond donors (Lipinski definition) is 2. The van der Waals surface area contributed by atoms with Gasteiger partial charge in [-0.3, -0.25) is 4.79 Å². The molecule has 0 aromatic carbocycles. The van der Waals surface area contributed by atoms with Crippen LogP contribution in [0.3, 0.4) is 0 Å². The van der Waals surface area contributed by atoms with Crippen LogP contribution in [0.5, 0.6) is 0 Å². The maximum absolute atomic E-state index is 10.4. The molecule has 3 saturated carbocycles. The van der Waals surface area contributed by atoms with Crippen LogP contribution in [0.25, 0.3) is 0 Å². The molecule has 2 N–H and O–H groups in total. The lowest BCUT2D eigenvalue weighted by atomic mass is 9.58. The molecule has 3 aliphatic rings. The van der Waals surface area contributed by atoms with E-state index in [1.165, 1.54) is 25.7 Å². The fourth-order valence-corrected chi connectivity index (χ4v) is 4.24. The molecule has 20 heavy (non-hydrogen) atoms. The lowest BCUT2D eigenvalue weighted by molar-refractivity contribution is -0.137. The van der Waals surface area contributed by atoms with Crippen molar-refractivity contribution < 1.29 is 15.0 Å². The Morgan fingerprint density at radius 1 is 1.25 bits per heavy atom. The molecule has 0 heterocycles. The first-order chi connectivity index (χ1) is 9.58. The lowest BCUT2D eigenvalue weighted by Crippen LogP contribution is -2.41. The summed E-state index contributed by atoms with van der Waals surface area (Å²) in [4.78, 5) is 10.4. The van der Waals surface area contributed by atoms with Crippen molar-refractivity contribution >= 4 is 5.97 Å². The quantitative estimate of drug-likeness (QED) is 0.553. The highest BCUT2D eigenvalue weighted by Crippen LogP contribution is 2.50. The van der Waals surface area contributed by atoms with Crippen molar-refractivity contribution in [2.24, 2.45) is 23.7 Å². The molecule has 0 amide bonds. The summed E-state index contributed by atoms with van der Waals surface area (Å²) < 4.78 is 0. The summed E-state index contributed by atoms with van der Waals surface area (Å²) in [6.07, 6.45) is 12.4. The molecule has 3 unspecified atom stereocenters. The second-order valence-electron chi connectivity index (χ2n) is 6.73. The van der Waals surface area contributed by atoms with Crippen LogP contribution in [0.2, 0.25) is 0 Å². The SMILES string of the molecule is CC(O)C1C[C@@H]2CC[C@@H]1CC2CC=CCCCC(=O)O. The van der Waals surface area contributed by atoms with Crippen LogP contribution in [0.15, 0.2) is 12.2 Å². The zero-order valence-electron chi connectivity index (χ0n) is 12.5. The monoisotopic (exact) mass is 280 g/mol. The molecule has 3 fully saturated rings. The van der Waals surface area contributed by atoms with E-state index in [-0.39, 0.29) is 12.5 Å². The summed E-state index contributed by atoms with van der Waals surface area (Å²) >= 11 is 0. The minimum Gasteiger partial charge on any atom is -0.481 e. The Hall–Kier alpha value is -0.830. The summed E-state index contributed by atoms with van der Waals surface area (Å²) in [5.41, 5.74) is 0. The van der Waals surface area contributed by atoms with Gasteiger partial charge in [0.15, 0.2) is 0 Å². The van der Waals surface area contributed by atoms with Crippen molar-refractivity contribution in [3.63, 3.8) is 0 Å². The number of aliphatic hydroxyl groups is 1. The van der Waals surface area contributed by atoms with Crippen molar-refractivity contribution in [3.05, 3.63) is 12.2 Å². The van der Waals surface area contributed by atoms with E-state index in [2.05, 4.69) is 12.2 Å². The summed E-state index contributed by atoms with van der Waals surface area (Å²) in [7, 11) is 0. The first-order valence-corrected chi connectivity index (χ1v) is 8.12. The van der Waals surface area contributed by atoms with Gasteiger partial charge < -0.3 is 10.2 Å². The Labute approximate surface area is 122 Å². The number of allylic oxidation sites excluding steroid dienone is 2. The van der Waals surface area contributed by atoms with Gasteiger partial charge in [-0.05, 0) is 75.5 Å². The summed E-state index contributed by atoms with van der Waals surface area (Å²) in [6, 6.07) is 0. The Morgan fingerprint density at radius 2 is 2.00 bits per heavy atom. The lowest BCUT2D eigenvalue weighted by Gasteiger charge is -2.48. The number of carbonyl (C=O) groups is 1. The maximum Gasteiger partial charge on any atom is 0.303 e. The number of fused-ring (bicyclic) bond motifs is 3. The number of aliphatic hydroxyl groups excluding tert-OH is 1. The van der Waals surface area contributed by atoms with E-state index in [4.69, 9.17) is 5.11 Å². The average Bonchev–Trinajstić information content (AvgIpc) is 2.42.